The quantitative estimate of drug-likeness (QED) is 0.0374. The van der Waals surface area contributed by atoms with E-state index in [9.17, 15) is 48.4 Å². The molecule has 410 valence electrons. The van der Waals surface area contributed by atoms with Gasteiger partial charge < -0.3 is 71.3 Å². The Balaban J connectivity index is 1.78. The van der Waals surface area contributed by atoms with Crippen LogP contribution in [0.3, 0.4) is 0 Å². The number of ketones is 2. The van der Waals surface area contributed by atoms with E-state index >= 15 is 0 Å². The summed E-state index contributed by atoms with van der Waals surface area (Å²) in [6.07, 6.45) is 0.747. The van der Waals surface area contributed by atoms with Crippen molar-refractivity contribution in [2.24, 2.45) is 56.2 Å². The molecule has 76 heavy (non-hydrogen) atoms. The molecule has 7 atom stereocenters. The fourth-order valence-electron chi connectivity index (χ4n) is 8.75. The summed E-state index contributed by atoms with van der Waals surface area (Å²) in [6.45, 7) is 1.28. The van der Waals surface area contributed by atoms with E-state index in [4.69, 9.17) is 34.4 Å². The number of para-hydroxylation sites is 1. The molecule has 0 spiro atoms. The molecule has 1 aromatic heterocycles. The van der Waals surface area contributed by atoms with Crippen molar-refractivity contribution in [1.82, 2.24) is 36.9 Å². The van der Waals surface area contributed by atoms with Gasteiger partial charge >= 0.3 is 0 Å². The number of nitrogens with zero attached hydrogens (tertiary/aromatic N) is 3. The van der Waals surface area contributed by atoms with E-state index in [-0.39, 0.29) is 115 Å². The normalized spacial score (nSPS) is 21.1. The minimum Gasteiger partial charge on any atom is -0.370 e. The summed E-state index contributed by atoms with van der Waals surface area (Å²) in [4.78, 5) is 136. The van der Waals surface area contributed by atoms with E-state index in [0.717, 1.165) is 10.9 Å². The Morgan fingerprint density at radius 1 is 0.776 bits per heavy atom. The van der Waals surface area contributed by atoms with Crippen LogP contribution in [0.25, 0.3) is 10.9 Å². The Kier molecular flexibility index (Phi) is 24.3. The number of fused-ring (bicyclic) bond motifs is 1. The van der Waals surface area contributed by atoms with Gasteiger partial charge in [0, 0.05) is 74.8 Å². The third-order valence-electron chi connectivity index (χ3n) is 12.8. The molecule has 1 fully saturated rings. The van der Waals surface area contributed by atoms with Crippen LogP contribution in [0.15, 0.2) is 64.7 Å². The molecule has 7 amide bonds. The number of hydrogen-bond donors (Lipinski definition) is 13. The zero-order valence-corrected chi connectivity index (χ0v) is 42.7. The summed E-state index contributed by atoms with van der Waals surface area (Å²) in [7, 11) is 0. The van der Waals surface area contributed by atoms with Gasteiger partial charge in [0.05, 0.1) is 17.7 Å². The molecule has 1 aliphatic heterocycles. The molecule has 25 heteroatoms. The number of H-pyrrole nitrogens is 1. The van der Waals surface area contributed by atoms with Crippen molar-refractivity contribution < 1.29 is 43.2 Å². The minimum atomic E-state index is -1.48. The minimum absolute atomic E-state index is 0.00268. The fraction of sp³-hybridized carbons (Fsp3) is 0.490. The van der Waals surface area contributed by atoms with Crippen molar-refractivity contribution in [2.75, 3.05) is 26.2 Å². The Morgan fingerprint density at radius 3 is 2.11 bits per heavy atom. The van der Waals surface area contributed by atoms with Gasteiger partial charge in [-0.15, -0.1) is 0 Å². The average molecular weight is 1050 g/mol. The van der Waals surface area contributed by atoms with Gasteiger partial charge in [0.15, 0.2) is 17.7 Å². The highest BCUT2D eigenvalue weighted by molar-refractivity contribution is 5.98. The zero-order valence-electron chi connectivity index (χ0n) is 42.7. The number of benzene rings is 2. The number of aromatic amines is 1. The molecule has 0 aliphatic carbocycles. The van der Waals surface area contributed by atoms with E-state index in [2.05, 4.69) is 46.9 Å². The Morgan fingerprint density at radius 2 is 1.45 bits per heavy atom. The molecule has 2 aromatic carbocycles. The van der Waals surface area contributed by atoms with E-state index in [1.807, 2.05) is 30.3 Å². The molecule has 2 heterocycles. The second-order valence-electron chi connectivity index (χ2n) is 18.7. The van der Waals surface area contributed by atoms with Crippen LogP contribution >= 0.6 is 0 Å². The van der Waals surface area contributed by atoms with Crippen molar-refractivity contribution in [1.29, 1.82) is 5.26 Å². The standard InChI is InChI=1S/C51H72N16O9/c1-29(68)63-38(11-6-22-61-51(57)58)47(74)65-39-16-17-44(71)59-20-5-10-37(45(54)72)64-46(73)33(24-34-28-62-36-9-3-2-8-35(34)36)26-42(69)32(7-4-21-60-50(55)56)25-43(70)41(23-30-12-14-31(27-53)15-13-30)67-49(76)40(18-19-52)66-48(39)75/h2-3,8-9,12-15,28,32-33,37-41,62H,4-7,10-11,16-26,52H2,1H3,(H2,54,72)(H,59,71)(H,63,68)(H,64,73)(H,65,74)(H,66,75)(H,67,76)(H4,55,56,60)(H4,57,58,61)/t32-,33-,37+,38+,39+,40+,41-/m1/s1. The van der Waals surface area contributed by atoms with Gasteiger partial charge in [0.25, 0.3) is 0 Å². The van der Waals surface area contributed by atoms with Gasteiger partial charge in [0.2, 0.25) is 41.4 Å². The van der Waals surface area contributed by atoms with Crippen LogP contribution in [0.4, 0.5) is 0 Å². The van der Waals surface area contributed by atoms with Gasteiger partial charge in [-0.2, -0.15) is 5.26 Å². The number of carbonyl (C=O) groups is 9. The maximum atomic E-state index is 14.8. The first-order chi connectivity index (χ1) is 36.3. The molecule has 1 saturated heterocycles. The molecular weight excluding hydrogens is 981 g/mol. The largest absolute Gasteiger partial charge is 0.370 e. The summed E-state index contributed by atoms with van der Waals surface area (Å²) in [5, 5.41) is 26.2. The maximum Gasteiger partial charge on any atom is 0.243 e. The summed E-state index contributed by atoms with van der Waals surface area (Å²) >= 11 is 0. The first-order valence-electron chi connectivity index (χ1n) is 25.2. The fourth-order valence-corrected chi connectivity index (χ4v) is 8.75. The van der Waals surface area contributed by atoms with E-state index < -0.39 is 101 Å². The second kappa shape index (κ2) is 30.7. The number of primary amides is 1. The Hall–Kier alpha value is -8.40. The van der Waals surface area contributed by atoms with Crippen molar-refractivity contribution in [3.05, 3.63) is 71.4 Å². The molecular formula is C51H72N16O9. The van der Waals surface area contributed by atoms with E-state index in [1.54, 1.807) is 18.3 Å². The third kappa shape index (κ3) is 20.1. The number of aliphatic imine (C=N–C) groups is 2. The first kappa shape index (κ1) is 60.2. The first-order valence-corrected chi connectivity index (χ1v) is 25.2. The highest BCUT2D eigenvalue weighted by Gasteiger charge is 2.35. The van der Waals surface area contributed by atoms with Crippen molar-refractivity contribution in [3.8, 4) is 6.07 Å². The van der Waals surface area contributed by atoms with Gasteiger partial charge in [-0.05, 0) is 100 Å². The van der Waals surface area contributed by atoms with Crippen molar-refractivity contribution in [2.45, 2.75) is 121 Å². The van der Waals surface area contributed by atoms with Crippen LogP contribution in [0.2, 0.25) is 0 Å². The summed E-state index contributed by atoms with van der Waals surface area (Å²) in [6, 6.07) is 9.05. The SMILES string of the molecule is CC(=O)N[C@@H](CCCN=C(N)N)C(=O)N[C@H]1CCC(=O)NCCC[C@@H](C(N)=O)NC(=O)[C@H](Cc2c[nH]c3ccccc23)CC(=O)[C@H](CCCN=C(N)N)CC(=O)[C@@H](Cc2ccc(C#N)cc2)NC(=O)[C@H](CCN)NC1=O. The predicted molar refractivity (Wildman–Crippen MR) is 283 cm³/mol. The van der Waals surface area contributed by atoms with Crippen LogP contribution in [-0.4, -0.2) is 126 Å². The van der Waals surface area contributed by atoms with E-state index in [1.165, 1.54) is 19.1 Å². The smallest absolute Gasteiger partial charge is 0.243 e. The van der Waals surface area contributed by atoms with Gasteiger partial charge in [-0.25, -0.2) is 0 Å². The number of rotatable bonds is 18. The van der Waals surface area contributed by atoms with Crippen LogP contribution in [0.1, 0.15) is 94.2 Å². The number of aromatic nitrogens is 1. The monoisotopic (exact) mass is 1050 g/mol. The number of nitriles is 1. The highest BCUT2D eigenvalue weighted by Crippen LogP contribution is 2.26. The van der Waals surface area contributed by atoms with Crippen molar-refractivity contribution in [3.63, 3.8) is 0 Å². The number of guanidine groups is 2. The summed E-state index contributed by atoms with van der Waals surface area (Å²) in [5.41, 5.74) is 36.2. The third-order valence-corrected chi connectivity index (χ3v) is 12.8. The van der Waals surface area contributed by atoms with Crippen molar-refractivity contribution >= 4 is 75.7 Å². The Bertz CT molecular complexity index is 2620. The van der Waals surface area contributed by atoms with Gasteiger partial charge in [-0.3, -0.25) is 53.1 Å². The number of amides is 7. The molecule has 4 rings (SSSR count). The molecule has 0 saturated carbocycles. The summed E-state index contributed by atoms with van der Waals surface area (Å²) in [5.74, 6) is -8.76. The van der Waals surface area contributed by atoms with Crippen LogP contribution in [0.5, 0.6) is 0 Å². The molecule has 19 N–H and O–H groups in total. The topological polar surface area (TPSA) is 446 Å². The maximum absolute atomic E-state index is 14.8. The number of nitrogens with one attached hydrogen (secondary N) is 7. The lowest BCUT2D eigenvalue weighted by molar-refractivity contribution is -0.135. The highest BCUT2D eigenvalue weighted by atomic mass is 16.2. The zero-order chi connectivity index (χ0) is 55.7. The molecule has 0 radical (unpaired) electrons. The number of nitrogens with two attached hydrogens (primary N) is 6. The van der Waals surface area contributed by atoms with Gasteiger partial charge in [-0.1, -0.05) is 30.3 Å². The molecule has 1 aliphatic rings. The second-order valence-corrected chi connectivity index (χ2v) is 18.7. The van der Waals surface area contributed by atoms with Gasteiger partial charge in [0.1, 0.15) is 30.0 Å². The molecule has 0 unspecified atom stereocenters. The molecule has 25 nitrogen and oxygen atoms in total. The van der Waals surface area contributed by atoms with E-state index in [0.29, 0.717) is 16.7 Å². The summed E-state index contributed by atoms with van der Waals surface area (Å²) < 4.78 is 0. The lowest BCUT2D eigenvalue weighted by Gasteiger charge is -2.27. The lowest BCUT2D eigenvalue weighted by atomic mass is 9.83. The predicted octanol–water partition coefficient (Wildman–Crippen LogP) is -1.95. The number of hydrogen-bond acceptors (Lipinski definition) is 13. The molecule has 3 aromatic rings. The average Bonchev–Trinajstić information content (AvgIpc) is 3.78. The molecule has 0 bridgehead atoms. The van der Waals surface area contributed by atoms with Crippen LogP contribution in [0, 0.1) is 23.2 Å². The van der Waals surface area contributed by atoms with Crippen LogP contribution in [-0.2, 0) is 56.0 Å². The lowest BCUT2D eigenvalue weighted by Crippen LogP contribution is -2.58. The van der Waals surface area contributed by atoms with Crippen LogP contribution < -0.4 is 66.3 Å². The number of carbonyl (C=O) groups excluding carboxylic acids is 9. The number of Topliss-reactive ketones (excluding diaryl/α,β-unsaturated/α-hetero) is 2. The Labute approximate surface area is 440 Å².